The molecular weight excluding hydrogens is 844 g/mol. The molecule has 4 amide bonds. The molecule has 0 bridgehead atoms. The van der Waals surface area contributed by atoms with E-state index in [9.17, 15) is 29.4 Å². The van der Waals surface area contributed by atoms with Crippen LogP contribution in [0.3, 0.4) is 0 Å². The first kappa shape index (κ1) is 49.7. The number of aryl methyl sites for hydroxylation is 1. The van der Waals surface area contributed by atoms with Crippen molar-refractivity contribution in [2.45, 2.75) is 155 Å². The molecule has 6 atom stereocenters. The van der Waals surface area contributed by atoms with Crippen molar-refractivity contribution in [1.82, 2.24) is 25.8 Å². The van der Waals surface area contributed by atoms with E-state index in [0.717, 1.165) is 52.9 Å². The number of alkyl carbamates (subject to hydrolysis) is 1. The molecule has 14 nitrogen and oxygen atoms in total. The standard InChI is InChI=1S/C47H67ClN6O8S/c1-27(30-16-18-32(19-17-30)41-28(2)50-26-63-41)51-43(58)36-23-34(55)24-54(36)44(59)42(46(3,4)5)53-39(57)22-29-12-14-31(15-13-29)35-10-9-11-37(40(35)48)61-25-33(20-21-38(49)56)52-45(60)62-47(6,7)8/h9-11,16-19,26-27,29,31,33-34,36,42-43,51,55,58H,12-15,20-25H2,1-8H3,(H2,49,56)(H,52,60)(H,53,57)/t27-,29?,31?,33-,34+,36-,42+,43?/m0/s1. The van der Waals surface area contributed by atoms with Crippen molar-refractivity contribution in [1.29, 1.82) is 0 Å². The molecule has 0 radical (unpaired) electrons. The van der Waals surface area contributed by atoms with Gasteiger partial charge in [0.25, 0.3) is 0 Å². The molecule has 2 heterocycles. The molecular formula is C47H67ClN6O8S. The number of benzene rings is 2. The van der Waals surface area contributed by atoms with Crippen LogP contribution in [0.2, 0.25) is 5.02 Å². The molecule has 1 unspecified atom stereocenters. The van der Waals surface area contributed by atoms with Gasteiger partial charge >= 0.3 is 6.09 Å². The molecule has 63 heavy (non-hydrogen) atoms. The number of aliphatic hydroxyl groups is 2. The Balaban J connectivity index is 1.15. The third-order valence-corrected chi connectivity index (χ3v) is 13.3. The molecule has 0 spiro atoms. The SMILES string of the molecule is Cc1ncsc1-c1ccc([C@H](C)NC(O)[C@@H]2C[C@@H](O)CN2C(=O)[C@@H](NC(=O)CC2CCC(c3cccc(OC[C@H](CCC(N)=O)NC(=O)OC(C)(C)C)c3Cl)CC2)C(C)(C)C)cc1. The summed E-state index contributed by atoms with van der Waals surface area (Å²) in [6.45, 7) is 15.0. The number of primary amides is 1. The fraction of sp³-hybridized carbons (Fsp3) is 0.596. The van der Waals surface area contributed by atoms with Crippen LogP contribution in [0.5, 0.6) is 5.75 Å². The van der Waals surface area contributed by atoms with E-state index in [1.807, 2.05) is 76.5 Å². The number of carbonyl (C=O) groups is 4. The second-order valence-electron chi connectivity index (χ2n) is 19.3. The smallest absolute Gasteiger partial charge is 0.407 e. The Bertz CT molecular complexity index is 2030. The van der Waals surface area contributed by atoms with E-state index in [4.69, 9.17) is 26.8 Å². The van der Waals surface area contributed by atoms with Gasteiger partial charge in [-0.05, 0) is 113 Å². The van der Waals surface area contributed by atoms with Crippen molar-refractivity contribution in [3.05, 3.63) is 69.8 Å². The predicted molar refractivity (Wildman–Crippen MR) is 245 cm³/mol. The molecule has 5 rings (SSSR count). The number of aromatic nitrogens is 1. The number of amides is 4. The molecule has 1 aliphatic carbocycles. The molecule has 346 valence electrons. The number of ether oxygens (including phenoxy) is 2. The number of nitrogens with two attached hydrogens (primary N) is 1. The maximum Gasteiger partial charge on any atom is 0.407 e. The Labute approximate surface area is 381 Å². The van der Waals surface area contributed by atoms with E-state index in [-0.39, 0.29) is 68.5 Å². The molecule has 3 aromatic rings. The molecule has 1 saturated heterocycles. The van der Waals surface area contributed by atoms with Gasteiger partial charge in [0.05, 0.1) is 39.3 Å². The summed E-state index contributed by atoms with van der Waals surface area (Å²) >= 11 is 8.51. The average molecular weight is 912 g/mol. The van der Waals surface area contributed by atoms with Crippen LogP contribution in [0.4, 0.5) is 4.79 Å². The minimum absolute atomic E-state index is 0.0509. The first-order valence-corrected chi connectivity index (χ1v) is 23.3. The van der Waals surface area contributed by atoms with Gasteiger partial charge in [-0.25, -0.2) is 9.78 Å². The highest BCUT2D eigenvalue weighted by Gasteiger charge is 2.44. The third-order valence-electron chi connectivity index (χ3n) is 11.9. The normalized spacial score (nSPS) is 21.2. The fourth-order valence-electron chi connectivity index (χ4n) is 8.47. The molecule has 1 aromatic heterocycles. The summed E-state index contributed by atoms with van der Waals surface area (Å²) in [6.07, 6.45) is 1.40. The number of halogens is 1. The minimum Gasteiger partial charge on any atom is -0.490 e. The zero-order valence-electron chi connectivity index (χ0n) is 37.9. The van der Waals surface area contributed by atoms with Gasteiger partial charge in [-0.15, -0.1) is 11.3 Å². The maximum absolute atomic E-state index is 14.3. The summed E-state index contributed by atoms with van der Waals surface area (Å²) in [4.78, 5) is 59.0. The van der Waals surface area contributed by atoms with E-state index in [1.54, 1.807) is 38.2 Å². The largest absolute Gasteiger partial charge is 0.490 e. The van der Waals surface area contributed by atoms with Crippen LogP contribution in [-0.2, 0) is 19.1 Å². The number of β-amino-alcohol motifs (C(OH)–C–C–N with tert-alkyl or cyclic N) is 1. The van der Waals surface area contributed by atoms with Gasteiger partial charge < -0.3 is 41.0 Å². The summed E-state index contributed by atoms with van der Waals surface area (Å²) < 4.78 is 11.5. The number of nitrogens with one attached hydrogen (secondary N) is 3. The molecule has 16 heteroatoms. The number of rotatable bonds is 17. The maximum atomic E-state index is 14.3. The average Bonchev–Trinajstić information content (AvgIpc) is 3.82. The lowest BCUT2D eigenvalue weighted by atomic mass is 9.77. The highest BCUT2D eigenvalue weighted by Crippen LogP contribution is 2.42. The van der Waals surface area contributed by atoms with E-state index in [2.05, 4.69) is 20.9 Å². The summed E-state index contributed by atoms with van der Waals surface area (Å²) in [6, 6.07) is 11.3. The summed E-state index contributed by atoms with van der Waals surface area (Å²) in [5.74, 6) is -0.337. The zero-order chi connectivity index (χ0) is 46.2. The number of hydrogen-bond donors (Lipinski definition) is 6. The van der Waals surface area contributed by atoms with Gasteiger partial charge in [0.2, 0.25) is 17.7 Å². The van der Waals surface area contributed by atoms with Crippen LogP contribution < -0.4 is 26.4 Å². The highest BCUT2D eigenvalue weighted by atomic mass is 35.5. The number of thiazole rings is 1. The Kier molecular flexibility index (Phi) is 17.1. The summed E-state index contributed by atoms with van der Waals surface area (Å²) in [5.41, 5.74) is 9.81. The monoisotopic (exact) mass is 910 g/mol. The van der Waals surface area contributed by atoms with Crippen LogP contribution in [0.25, 0.3) is 10.4 Å². The zero-order valence-corrected chi connectivity index (χ0v) is 39.5. The highest BCUT2D eigenvalue weighted by molar-refractivity contribution is 7.13. The van der Waals surface area contributed by atoms with Gasteiger partial charge in [0.1, 0.15) is 30.2 Å². The quantitative estimate of drug-likeness (QED) is 0.0756. The second kappa shape index (κ2) is 21.6. The van der Waals surface area contributed by atoms with Gasteiger partial charge in [0, 0.05) is 25.4 Å². The van der Waals surface area contributed by atoms with Gasteiger partial charge in [-0.1, -0.05) is 68.8 Å². The van der Waals surface area contributed by atoms with Crippen molar-refractivity contribution in [2.75, 3.05) is 13.2 Å². The first-order valence-electron chi connectivity index (χ1n) is 22.0. The van der Waals surface area contributed by atoms with Gasteiger partial charge in [0.15, 0.2) is 0 Å². The Morgan fingerprint density at radius 3 is 2.30 bits per heavy atom. The number of nitrogens with zero attached hydrogens (tertiary/aromatic N) is 2. The van der Waals surface area contributed by atoms with E-state index >= 15 is 0 Å². The number of carbonyl (C=O) groups excluding carboxylic acids is 4. The first-order chi connectivity index (χ1) is 29.6. The van der Waals surface area contributed by atoms with Crippen LogP contribution in [0, 0.1) is 18.3 Å². The lowest BCUT2D eigenvalue weighted by Crippen LogP contribution is -2.58. The Morgan fingerprint density at radius 1 is 1.02 bits per heavy atom. The lowest BCUT2D eigenvalue weighted by molar-refractivity contribution is -0.143. The fourth-order valence-corrected chi connectivity index (χ4v) is 9.61. The van der Waals surface area contributed by atoms with E-state index in [0.29, 0.717) is 10.8 Å². The molecule has 7 N–H and O–H groups in total. The number of hydrogen-bond acceptors (Lipinski definition) is 11. The predicted octanol–water partition coefficient (Wildman–Crippen LogP) is 7.14. The Morgan fingerprint density at radius 2 is 1.70 bits per heavy atom. The van der Waals surface area contributed by atoms with Gasteiger partial charge in [-0.2, -0.15) is 0 Å². The summed E-state index contributed by atoms with van der Waals surface area (Å²) in [5, 5.41) is 31.8. The van der Waals surface area contributed by atoms with Gasteiger partial charge in [-0.3, -0.25) is 19.7 Å². The topological polar surface area (TPSA) is 205 Å². The number of aliphatic hydroxyl groups excluding tert-OH is 2. The van der Waals surface area contributed by atoms with Crippen molar-refractivity contribution in [3.63, 3.8) is 0 Å². The van der Waals surface area contributed by atoms with Crippen molar-refractivity contribution >= 4 is 46.8 Å². The minimum atomic E-state index is -1.12. The molecule has 2 aliphatic rings. The van der Waals surface area contributed by atoms with E-state index in [1.165, 1.54) is 4.90 Å². The molecule has 1 aliphatic heterocycles. The van der Waals surface area contributed by atoms with E-state index < -0.39 is 53.5 Å². The molecule has 2 aromatic carbocycles. The third kappa shape index (κ3) is 14.1. The molecule has 2 fully saturated rings. The van der Waals surface area contributed by atoms with Crippen LogP contribution in [0.15, 0.2) is 48.0 Å². The van der Waals surface area contributed by atoms with Crippen molar-refractivity contribution in [3.8, 4) is 16.2 Å². The number of likely N-dealkylation sites (tertiary alicyclic amines) is 1. The lowest BCUT2D eigenvalue weighted by Gasteiger charge is -2.38. The second-order valence-corrected chi connectivity index (χ2v) is 20.5. The summed E-state index contributed by atoms with van der Waals surface area (Å²) in [7, 11) is 0. The van der Waals surface area contributed by atoms with Crippen LogP contribution >= 0.6 is 22.9 Å². The van der Waals surface area contributed by atoms with Crippen LogP contribution in [0.1, 0.15) is 129 Å². The van der Waals surface area contributed by atoms with Crippen molar-refractivity contribution in [2.24, 2.45) is 17.1 Å². The van der Waals surface area contributed by atoms with Crippen LogP contribution in [-0.4, -0.2) is 93.1 Å². The van der Waals surface area contributed by atoms with Crippen molar-refractivity contribution < 1.29 is 38.9 Å². The Hall–Kier alpha value is -4.28. The molecule has 1 saturated carbocycles.